The van der Waals surface area contributed by atoms with Gasteiger partial charge in [0.2, 0.25) is 5.91 Å². The highest BCUT2D eigenvalue weighted by atomic mass is 16.3. The number of nitrogens with zero attached hydrogens (tertiary/aromatic N) is 2. The number of phenols is 1. The smallest absolute Gasteiger partial charge is 0.235 e. The monoisotopic (exact) mass is 556 g/mol. The molecule has 2 fully saturated rings. The fourth-order valence-electron chi connectivity index (χ4n) is 7.21. The van der Waals surface area contributed by atoms with Crippen LogP contribution < -0.4 is 16.0 Å². The van der Waals surface area contributed by atoms with Crippen LogP contribution in [0.25, 0.3) is 0 Å². The summed E-state index contributed by atoms with van der Waals surface area (Å²) in [7, 11) is 6.77. The zero-order valence-electron chi connectivity index (χ0n) is 24.4. The van der Waals surface area contributed by atoms with E-state index in [1.54, 1.807) is 14.1 Å². The zero-order chi connectivity index (χ0) is 30.3. The first-order chi connectivity index (χ1) is 18.3. The number of anilines is 1. The highest BCUT2D eigenvalue weighted by molar-refractivity contribution is 6.33. The van der Waals surface area contributed by atoms with E-state index in [2.05, 4.69) is 5.32 Å². The van der Waals surface area contributed by atoms with Crippen LogP contribution in [0.2, 0.25) is 0 Å². The Morgan fingerprint density at radius 2 is 1.73 bits per heavy atom. The molecule has 1 aromatic carbocycles. The highest BCUT2D eigenvalue weighted by Gasteiger charge is 2.74. The number of rotatable bonds is 5. The second kappa shape index (κ2) is 9.46. The van der Waals surface area contributed by atoms with Gasteiger partial charge in [-0.15, -0.1) is 0 Å². The Morgan fingerprint density at radius 3 is 2.23 bits per heavy atom. The number of Topliss-reactive ketones (excluding diaryl/α,β-unsaturated/α-hetero) is 4. The van der Waals surface area contributed by atoms with E-state index in [9.17, 15) is 34.2 Å². The van der Waals surface area contributed by atoms with E-state index in [0.29, 0.717) is 16.8 Å². The minimum Gasteiger partial charge on any atom is -0.507 e. The predicted octanol–water partition coefficient (Wildman–Crippen LogP) is 0.211. The van der Waals surface area contributed by atoms with Crippen molar-refractivity contribution in [1.29, 1.82) is 0 Å². The van der Waals surface area contributed by atoms with Gasteiger partial charge in [-0.05, 0) is 65.3 Å². The van der Waals surface area contributed by atoms with Crippen LogP contribution >= 0.6 is 0 Å². The molecule has 0 heterocycles. The lowest BCUT2D eigenvalue weighted by atomic mass is 9.46. The average Bonchev–Trinajstić information content (AvgIpc) is 2.79. The summed E-state index contributed by atoms with van der Waals surface area (Å²) in [4.78, 5) is 70.9. The van der Waals surface area contributed by atoms with Gasteiger partial charge in [-0.2, -0.15) is 0 Å². The molecule has 3 aliphatic carbocycles. The van der Waals surface area contributed by atoms with E-state index in [0.717, 1.165) is 0 Å². The van der Waals surface area contributed by atoms with Crippen molar-refractivity contribution in [1.82, 2.24) is 10.2 Å². The maximum atomic E-state index is 14.2. The van der Waals surface area contributed by atoms with E-state index in [4.69, 9.17) is 5.73 Å². The van der Waals surface area contributed by atoms with Gasteiger partial charge in [0.15, 0.2) is 34.7 Å². The van der Waals surface area contributed by atoms with E-state index in [1.165, 1.54) is 11.8 Å². The van der Waals surface area contributed by atoms with E-state index in [-0.39, 0.29) is 36.2 Å². The number of benzene rings is 1. The molecule has 3 unspecified atom stereocenters. The van der Waals surface area contributed by atoms with Crippen molar-refractivity contribution in [3.05, 3.63) is 22.8 Å². The lowest BCUT2D eigenvalue weighted by molar-refractivity contribution is -0.197. The third-order valence-electron chi connectivity index (χ3n) is 8.95. The number of carbonyl (C=O) groups is 5. The molecule has 1 aromatic rings. The molecular weight excluding hydrogens is 516 g/mol. The van der Waals surface area contributed by atoms with Gasteiger partial charge in [0.1, 0.15) is 5.75 Å². The van der Waals surface area contributed by atoms with Gasteiger partial charge in [-0.25, -0.2) is 0 Å². The van der Waals surface area contributed by atoms with Crippen LogP contribution in [0.5, 0.6) is 5.75 Å². The molecule has 2 saturated carbocycles. The molecule has 0 bridgehead atoms. The first-order valence-corrected chi connectivity index (χ1v) is 13.4. The summed E-state index contributed by atoms with van der Waals surface area (Å²) in [6.45, 7) is 7.65. The number of fused-ring (bicyclic) bond motifs is 3. The first-order valence-electron chi connectivity index (χ1n) is 13.4. The molecular formula is C29H40N4O7. The Kier molecular flexibility index (Phi) is 7.05. The number of carbonyl (C=O) groups excluding carboxylic acids is 5. The number of hydrogen-bond acceptors (Lipinski definition) is 10. The van der Waals surface area contributed by atoms with Crippen LogP contribution in [0, 0.1) is 23.2 Å². The standard InChI is InChI=1S/C29H40N4O7/c1-27(2,3)31-12-14-10-16(32(5)6)15-9-13-11-28(4)23(33(7)8)22(36)19(26(30)39)25(38)29(28,40)24(37)17(13)21(35)18(15)20(14)34/h10,13,17,19,23,31,34,40H,9,11-12H2,1-8H3,(H2,30,39)/t13-,17?,19?,23?,28-,29-/m0/s1. The third kappa shape index (κ3) is 4.09. The normalized spacial score (nSPS) is 32.0. The average molecular weight is 557 g/mol. The minimum absolute atomic E-state index is 0.00587. The molecule has 5 N–H and O–H groups in total. The topological polar surface area (TPSA) is 170 Å². The number of amides is 1. The number of nitrogens with two attached hydrogens (primary N) is 1. The Bertz CT molecular complexity index is 1330. The second-order valence-corrected chi connectivity index (χ2v) is 13.2. The summed E-state index contributed by atoms with van der Waals surface area (Å²) in [6.07, 6.45) is 0.191. The zero-order valence-corrected chi connectivity index (χ0v) is 24.4. The second-order valence-electron chi connectivity index (χ2n) is 13.2. The fraction of sp³-hybridized carbons (Fsp3) is 0.621. The predicted molar refractivity (Wildman–Crippen MR) is 147 cm³/mol. The number of hydrogen-bond donors (Lipinski definition) is 4. The van der Waals surface area contributed by atoms with Crippen LogP contribution in [0.3, 0.4) is 0 Å². The van der Waals surface area contributed by atoms with Gasteiger partial charge in [-0.3, -0.25) is 28.9 Å². The number of phenolic OH excluding ortho intramolecular Hbond substituents is 1. The number of ketones is 4. The Hall–Kier alpha value is -3.15. The summed E-state index contributed by atoms with van der Waals surface area (Å²) in [5, 5.41) is 26.6. The molecule has 11 nitrogen and oxygen atoms in total. The van der Waals surface area contributed by atoms with Crippen molar-refractivity contribution in [2.75, 3.05) is 33.1 Å². The molecule has 3 aliphatic rings. The van der Waals surface area contributed by atoms with Gasteiger partial charge in [0.25, 0.3) is 0 Å². The molecule has 0 radical (unpaired) electrons. The summed E-state index contributed by atoms with van der Waals surface area (Å²) in [5.41, 5.74) is 2.46. The van der Waals surface area contributed by atoms with Crippen LogP contribution in [-0.2, 0) is 32.1 Å². The number of primary amides is 1. The summed E-state index contributed by atoms with van der Waals surface area (Å²) < 4.78 is 0. The molecule has 218 valence electrons. The van der Waals surface area contributed by atoms with Gasteiger partial charge in [0, 0.05) is 42.8 Å². The molecule has 6 atom stereocenters. The molecule has 4 rings (SSSR count). The van der Waals surface area contributed by atoms with Crippen LogP contribution in [0.1, 0.15) is 55.6 Å². The largest absolute Gasteiger partial charge is 0.507 e. The lowest BCUT2D eigenvalue weighted by Gasteiger charge is -2.59. The summed E-state index contributed by atoms with van der Waals surface area (Å²) in [5.74, 6) is -9.40. The van der Waals surface area contributed by atoms with E-state index < -0.39 is 63.9 Å². The van der Waals surface area contributed by atoms with Gasteiger partial charge < -0.3 is 26.2 Å². The number of nitrogens with one attached hydrogen (secondary N) is 1. The van der Waals surface area contributed by atoms with E-state index >= 15 is 0 Å². The number of aliphatic hydroxyl groups is 1. The quantitative estimate of drug-likeness (QED) is 0.368. The molecule has 11 heteroatoms. The SMILES string of the molecule is CN(C)c1cc(CNC(C)(C)C)c(O)c2c1C[C@H]1C[C@@]3(C)C(N(C)C)C(=O)C(C(N)=O)C(=O)[C@@]3(O)C(=O)C1C2=O. The van der Waals surface area contributed by atoms with Crippen molar-refractivity contribution in [2.24, 2.45) is 28.9 Å². The lowest BCUT2D eigenvalue weighted by Crippen LogP contribution is -2.78. The maximum absolute atomic E-state index is 14.2. The van der Waals surface area contributed by atoms with Crippen molar-refractivity contribution in [3.63, 3.8) is 0 Å². The van der Waals surface area contributed by atoms with Gasteiger partial charge >= 0.3 is 0 Å². The van der Waals surface area contributed by atoms with Crippen molar-refractivity contribution in [3.8, 4) is 5.75 Å². The van der Waals surface area contributed by atoms with Gasteiger partial charge in [-0.1, -0.05) is 6.92 Å². The Labute approximate surface area is 234 Å². The van der Waals surface area contributed by atoms with Crippen molar-refractivity contribution >= 4 is 34.7 Å². The molecule has 0 aliphatic heterocycles. The van der Waals surface area contributed by atoms with Crippen LogP contribution in [-0.4, -0.2) is 89.5 Å². The Balaban J connectivity index is 1.91. The molecule has 0 spiro atoms. The summed E-state index contributed by atoms with van der Waals surface area (Å²) >= 11 is 0. The molecule has 0 aromatic heterocycles. The van der Waals surface area contributed by atoms with E-state index in [1.807, 2.05) is 45.8 Å². The third-order valence-corrected chi connectivity index (χ3v) is 8.95. The van der Waals surface area contributed by atoms with Crippen molar-refractivity contribution in [2.45, 2.75) is 64.3 Å². The molecule has 40 heavy (non-hydrogen) atoms. The fourth-order valence-corrected chi connectivity index (χ4v) is 7.21. The minimum atomic E-state index is -2.80. The van der Waals surface area contributed by atoms with Crippen LogP contribution in [0.4, 0.5) is 5.69 Å². The molecule has 0 saturated heterocycles. The summed E-state index contributed by atoms with van der Waals surface area (Å²) in [6, 6.07) is 0.637. The van der Waals surface area contributed by atoms with Crippen LogP contribution in [0.15, 0.2) is 6.07 Å². The highest BCUT2D eigenvalue weighted by Crippen LogP contribution is 2.57. The first kappa shape index (κ1) is 29.8. The Morgan fingerprint density at radius 1 is 1.12 bits per heavy atom. The number of likely N-dealkylation sites (N-methyl/N-ethyl adjacent to an activating group) is 1. The van der Waals surface area contributed by atoms with Gasteiger partial charge in [0.05, 0.1) is 17.5 Å². The maximum Gasteiger partial charge on any atom is 0.235 e. The van der Waals surface area contributed by atoms with Crippen molar-refractivity contribution < 1.29 is 34.2 Å². The number of aromatic hydroxyl groups is 1. The molecule has 1 amide bonds.